The third kappa shape index (κ3) is 2.50. The summed E-state index contributed by atoms with van der Waals surface area (Å²) in [5.74, 6) is 0.289. The van der Waals surface area contributed by atoms with E-state index in [-0.39, 0.29) is 12.2 Å². The van der Waals surface area contributed by atoms with Gasteiger partial charge in [-0.1, -0.05) is 12.1 Å². The van der Waals surface area contributed by atoms with Gasteiger partial charge in [-0.15, -0.1) is 11.3 Å². The van der Waals surface area contributed by atoms with Gasteiger partial charge in [0, 0.05) is 6.07 Å². The van der Waals surface area contributed by atoms with Crippen molar-refractivity contribution in [1.29, 1.82) is 0 Å². The zero-order chi connectivity index (χ0) is 13.9. The fourth-order valence-electron chi connectivity index (χ4n) is 1.83. The molecule has 0 saturated carbocycles. The molecule has 5 nitrogen and oxygen atoms in total. The average Bonchev–Trinajstić information content (AvgIpc) is 2.89. The number of Topliss-reactive ketones (excluding diaryl/α,β-unsaturated/α-hetero) is 1. The molecule has 0 fully saturated rings. The summed E-state index contributed by atoms with van der Waals surface area (Å²) in [6.45, 7) is 0. The van der Waals surface area contributed by atoms with Gasteiger partial charge in [-0.05, 0) is 12.1 Å². The van der Waals surface area contributed by atoms with E-state index in [1.54, 1.807) is 0 Å². The second-order valence-corrected chi connectivity index (χ2v) is 5.24. The molecule has 0 aliphatic carbocycles. The molecule has 0 unspecified atom stereocenters. The molecular weight excluding hydrogens is 274 g/mol. The first-order valence-electron chi connectivity index (χ1n) is 6.00. The van der Waals surface area contributed by atoms with E-state index in [2.05, 4.69) is 15.0 Å². The van der Waals surface area contributed by atoms with Crippen LogP contribution in [0.15, 0.2) is 36.7 Å². The zero-order valence-electron chi connectivity index (χ0n) is 10.7. The molecule has 0 spiro atoms. The van der Waals surface area contributed by atoms with Crippen LogP contribution in [0.25, 0.3) is 10.2 Å². The molecule has 6 heteroatoms. The highest BCUT2D eigenvalue weighted by Crippen LogP contribution is 2.22. The first kappa shape index (κ1) is 12.7. The Labute approximate surface area is 119 Å². The molecule has 20 heavy (non-hydrogen) atoms. The number of benzene rings is 1. The van der Waals surface area contributed by atoms with Crippen molar-refractivity contribution in [3.63, 3.8) is 0 Å². The number of ketones is 1. The molecule has 0 amide bonds. The molecule has 0 N–H and O–H groups in total. The summed E-state index contributed by atoms with van der Waals surface area (Å²) in [6, 6.07) is 9.36. The number of nitrogens with zero attached hydrogens (tertiary/aromatic N) is 3. The number of methoxy groups -OCH3 is 1. The lowest BCUT2D eigenvalue weighted by molar-refractivity contribution is 0.0987. The zero-order valence-corrected chi connectivity index (χ0v) is 11.6. The number of aromatic nitrogens is 3. The largest absolute Gasteiger partial charge is 0.481 e. The van der Waals surface area contributed by atoms with Crippen LogP contribution >= 0.6 is 11.3 Å². The molecule has 3 aromatic rings. The van der Waals surface area contributed by atoms with Crippen molar-refractivity contribution >= 4 is 27.3 Å². The molecule has 0 aliphatic rings. The van der Waals surface area contributed by atoms with Gasteiger partial charge >= 0.3 is 0 Å². The molecule has 0 aliphatic heterocycles. The molecular formula is C14H11N3O2S. The van der Waals surface area contributed by atoms with Crippen LogP contribution in [0.5, 0.6) is 5.88 Å². The second-order valence-electron chi connectivity index (χ2n) is 4.12. The Morgan fingerprint density at radius 3 is 2.95 bits per heavy atom. The average molecular weight is 285 g/mol. The van der Waals surface area contributed by atoms with Crippen molar-refractivity contribution in [2.45, 2.75) is 6.42 Å². The number of rotatable bonds is 4. The third-order valence-electron chi connectivity index (χ3n) is 2.79. The van der Waals surface area contributed by atoms with Gasteiger partial charge in [-0.3, -0.25) is 4.79 Å². The predicted octanol–water partition coefficient (Wildman–Crippen LogP) is 2.52. The number of thiazole rings is 1. The lowest BCUT2D eigenvalue weighted by Crippen LogP contribution is -2.06. The Kier molecular flexibility index (Phi) is 3.39. The highest BCUT2D eigenvalue weighted by molar-refractivity contribution is 7.18. The Morgan fingerprint density at radius 2 is 2.15 bits per heavy atom. The quantitative estimate of drug-likeness (QED) is 0.689. The standard InChI is InChI=1S/C14H11N3O2S/c1-19-13-6-10(15-8-16-13)11(18)7-14-17-9-4-2-3-5-12(9)20-14/h2-6,8H,7H2,1H3. The van der Waals surface area contributed by atoms with Crippen molar-refractivity contribution < 1.29 is 9.53 Å². The fourth-order valence-corrected chi connectivity index (χ4v) is 2.79. The Balaban J connectivity index is 1.84. The summed E-state index contributed by atoms with van der Waals surface area (Å²) in [5.41, 5.74) is 1.26. The Hall–Kier alpha value is -2.34. The lowest BCUT2D eigenvalue weighted by Gasteiger charge is -2.00. The first-order chi connectivity index (χ1) is 9.76. The first-order valence-corrected chi connectivity index (χ1v) is 6.81. The van der Waals surface area contributed by atoms with Gasteiger partial charge in [0.2, 0.25) is 5.88 Å². The topological polar surface area (TPSA) is 65.0 Å². The van der Waals surface area contributed by atoms with Crippen molar-refractivity contribution in [2.24, 2.45) is 0 Å². The molecule has 1 aromatic carbocycles. The third-order valence-corrected chi connectivity index (χ3v) is 3.82. The summed E-state index contributed by atoms with van der Waals surface area (Å²) in [4.78, 5) is 24.5. The maximum Gasteiger partial charge on any atom is 0.216 e. The monoisotopic (exact) mass is 285 g/mol. The van der Waals surface area contributed by atoms with Gasteiger partial charge in [0.1, 0.15) is 17.0 Å². The molecule has 0 saturated heterocycles. The molecule has 0 atom stereocenters. The summed E-state index contributed by atoms with van der Waals surface area (Å²) in [7, 11) is 1.50. The number of carbonyl (C=O) groups excluding carboxylic acids is 1. The van der Waals surface area contributed by atoms with E-state index >= 15 is 0 Å². The van der Waals surface area contributed by atoms with Crippen molar-refractivity contribution in [1.82, 2.24) is 15.0 Å². The number of para-hydroxylation sites is 1. The minimum Gasteiger partial charge on any atom is -0.481 e. The van der Waals surface area contributed by atoms with E-state index in [9.17, 15) is 4.79 Å². The molecule has 0 bridgehead atoms. The van der Waals surface area contributed by atoms with E-state index < -0.39 is 0 Å². The predicted molar refractivity (Wildman–Crippen MR) is 76.2 cm³/mol. The molecule has 0 radical (unpaired) electrons. The minimum absolute atomic E-state index is 0.0928. The fraction of sp³-hybridized carbons (Fsp3) is 0.143. The van der Waals surface area contributed by atoms with Crippen LogP contribution in [0.1, 0.15) is 15.5 Å². The van der Waals surface area contributed by atoms with Crippen LogP contribution < -0.4 is 4.74 Å². The van der Waals surface area contributed by atoms with Gasteiger partial charge in [-0.25, -0.2) is 15.0 Å². The number of hydrogen-bond donors (Lipinski definition) is 0. The number of hydrogen-bond acceptors (Lipinski definition) is 6. The van der Waals surface area contributed by atoms with E-state index in [4.69, 9.17) is 4.74 Å². The molecule has 2 heterocycles. The summed E-state index contributed by atoms with van der Waals surface area (Å²) < 4.78 is 6.07. The van der Waals surface area contributed by atoms with Crippen molar-refractivity contribution in [3.05, 3.63) is 47.4 Å². The highest BCUT2D eigenvalue weighted by atomic mass is 32.1. The van der Waals surface area contributed by atoms with E-state index in [1.165, 1.54) is 30.8 Å². The van der Waals surface area contributed by atoms with Crippen molar-refractivity contribution in [3.8, 4) is 5.88 Å². The van der Waals surface area contributed by atoms with Gasteiger partial charge in [-0.2, -0.15) is 0 Å². The molecule has 2 aromatic heterocycles. The molecule has 3 rings (SSSR count). The second kappa shape index (κ2) is 5.34. The summed E-state index contributed by atoms with van der Waals surface area (Å²) >= 11 is 1.52. The van der Waals surface area contributed by atoms with Crippen molar-refractivity contribution in [2.75, 3.05) is 7.11 Å². The van der Waals surface area contributed by atoms with Crippen LogP contribution in [0, 0.1) is 0 Å². The van der Waals surface area contributed by atoms with E-state index in [0.717, 1.165) is 15.2 Å². The van der Waals surface area contributed by atoms with Crippen LogP contribution in [0.4, 0.5) is 0 Å². The lowest BCUT2D eigenvalue weighted by atomic mass is 10.2. The van der Waals surface area contributed by atoms with E-state index in [0.29, 0.717) is 11.6 Å². The van der Waals surface area contributed by atoms with E-state index in [1.807, 2.05) is 24.3 Å². The van der Waals surface area contributed by atoms with Gasteiger partial charge < -0.3 is 4.74 Å². The number of carbonyl (C=O) groups is 1. The number of fused-ring (bicyclic) bond motifs is 1. The van der Waals surface area contributed by atoms with Crippen LogP contribution in [-0.4, -0.2) is 27.8 Å². The summed E-state index contributed by atoms with van der Waals surface area (Å²) in [5, 5.41) is 0.786. The van der Waals surface area contributed by atoms with Gasteiger partial charge in [0.15, 0.2) is 5.78 Å². The SMILES string of the molecule is COc1cc(C(=O)Cc2nc3ccccc3s2)ncn1. The van der Waals surface area contributed by atoms with Gasteiger partial charge in [0.05, 0.1) is 23.7 Å². The smallest absolute Gasteiger partial charge is 0.216 e. The summed E-state index contributed by atoms with van der Waals surface area (Å²) in [6.07, 6.45) is 1.56. The number of ether oxygens (including phenoxy) is 1. The maximum atomic E-state index is 12.2. The highest BCUT2D eigenvalue weighted by Gasteiger charge is 2.13. The van der Waals surface area contributed by atoms with Crippen LogP contribution in [0.2, 0.25) is 0 Å². The van der Waals surface area contributed by atoms with Gasteiger partial charge in [0.25, 0.3) is 0 Å². The van der Waals surface area contributed by atoms with Crippen LogP contribution in [0.3, 0.4) is 0 Å². The maximum absolute atomic E-state index is 12.2. The Bertz CT molecular complexity index is 737. The van der Waals surface area contributed by atoms with Crippen LogP contribution in [-0.2, 0) is 6.42 Å². The molecule has 100 valence electrons. The normalized spacial score (nSPS) is 10.7. The minimum atomic E-state index is -0.0928. The Morgan fingerprint density at radius 1 is 1.30 bits per heavy atom.